The fraction of sp³-hybridized carbons (Fsp3) is 0.907. The second-order valence-corrected chi connectivity index (χ2v) is 14.3. The molecule has 0 aromatic heterocycles. The lowest BCUT2D eigenvalue weighted by atomic mass is 10.1. The summed E-state index contributed by atoms with van der Waals surface area (Å²) in [5, 5.41) is 0. The van der Waals surface area contributed by atoms with Crippen LogP contribution in [-0.2, 0) is 23.8 Å². The van der Waals surface area contributed by atoms with E-state index in [4.69, 9.17) is 14.2 Å². The number of carbonyl (C=O) groups is 2. The molecule has 0 bridgehead atoms. The van der Waals surface area contributed by atoms with Gasteiger partial charge in [-0.15, -0.1) is 0 Å². The first-order chi connectivity index (χ1) is 23.6. The van der Waals surface area contributed by atoms with E-state index in [0.29, 0.717) is 26.1 Å². The van der Waals surface area contributed by atoms with Crippen LogP contribution in [0.3, 0.4) is 0 Å². The molecule has 0 aromatic carbocycles. The Morgan fingerprint density at radius 2 is 0.812 bits per heavy atom. The summed E-state index contributed by atoms with van der Waals surface area (Å²) in [7, 11) is 0. The maximum atomic E-state index is 12.6. The predicted molar refractivity (Wildman–Crippen MR) is 206 cm³/mol. The average Bonchev–Trinajstić information content (AvgIpc) is 3.08. The van der Waals surface area contributed by atoms with Crippen LogP contribution in [0.4, 0.5) is 0 Å². The molecule has 5 heteroatoms. The van der Waals surface area contributed by atoms with E-state index in [-0.39, 0.29) is 18.5 Å². The number of hydrogen-bond donors (Lipinski definition) is 0. The van der Waals surface area contributed by atoms with Crippen molar-refractivity contribution in [3.05, 3.63) is 12.2 Å². The molecule has 0 heterocycles. The van der Waals surface area contributed by atoms with Crippen LogP contribution in [0.1, 0.15) is 226 Å². The van der Waals surface area contributed by atoms with Gasteiger partial charge in [-0.05, 0) is 44.9 Å². The zero-order valence-corrected chi connectivity index (χ0v) is 32.5. The third kappa shape index (κ3) is 37.5. The second kappa shape index (κ2) is 40.1. The SMILES string of the molecule is CCCCCCCC/C=C\CCCCCCCCOCC(COC(=O)CCCCCCCCCCC)OC(=O)CCCCCCCCC. The van der Waals surface area contributed by atoms with Crippen LogP contribution in [0.25, 0.3) is 0 Å². The number of allylic oxidation sites excluding steroid dienone is 2. The maximum Gasteiger partial charge on any atom is 0.306 e. The van der Waals surface area contributed by atoms with Gasteiger partial charge in [-0.3, -0.25) is 9.59 Å². The Labute approximate surface area is 299 Å². The molecule has 0 spiro atoms. The lowest BCUT2D eigenvalue weighted by Gasteiger charge is -2.18. The molecule has 1 atom stereocenters. The molecule has 0 aliphatic heterocycles. The normalized spacial score (nSPS) is 12.1. The minimum atomic E-state index is -0.525. The fourth-order valence-electron chi connectivity index (χ4n) is 6.09. The largest absolute Gasteiger partial charge is 0.462 e. The standard InChI is InChI=1S/C43H82O5/c1-4-7-10-13-16-18-19-20-21-22-23-24-26-29-32-35-38-46-39-41(48-43(45)37-34-31-27-15-12-9-6-3)40-47-42(44)36-33-30-28-25-17-14-11-8-5-2/h20-21,41H,4-19,22-40H2,1-3H3/b21-20-. The molecule has 0 N–H and O–H groups in total. The predicted octanol–water partition coefficient (Wildman–Crippen LogP) is 13.6. The highest BCUT2D eigenvalue weighted by Gasteiger charge is 2.17. The van der Waals surface area contributed by atoms with Crippen LogP contribution in [0.2, 0.25) is 0 Å². The lowest BCUT2D eigenvalue weighted by Crippen LogP contribution is -2.30. The highest BCUT2D eigenvalue weighted by Crippen LogP contribution is 2.13. The molecular formula is C43H82O5. The third-order valence-electron chi connectivity index (χ3n) is 9.30. The quantitative estimate of drug-likeness (QED) is 0.0368. The van der Waals surface area contributed by atoms with E-state index >= 15 is 0 Å². The first kappa shape index (κ1) is 46.6. The van der Waals surface area contributed by atoms with Gasteiger partial charge in [0.05, 0.1) is 6.61 Å². The Bertz CT molecular complexity index is 691. The molecule has 48 heavy (non-hydrogen) atoms. The van der Waals surface area contributed by atoms with Crippen LogP contribution in [0, 0.1) is 0 Å². The van der Waals surface area contributed by atoms with E-state index in [1.54, 1.807) is 0 Å². The number of esters is 2. The highest BCUT2D eigenvalue weighted by molar-refractivity contribution is 5.70. The van der Waals surface area contributed by atoms with Gasteiger partial charge in [0.2, 0.25) is 0 Å². The van der Waals surface area contributed by atoms with Crippen molar-refractivity contribution in [1.29, 1.82) is 0 Å². The molecule has 0 saturated carbocycles. The summed E-state index contributed by atoms with van der Waals surface area (Å²) >= 11 is 0. The van der Waals surface area contributed by atoms with Gasteiger partial charge in [0.25, 0.3) is 0 Å². The Morgan fingerprint density at radius 1 is 0.438 bits per heavy atom. The minimum Gasteiger partial charge on any atom is -0.462 e. The van der Waals surface area contributed by atoms with E-state index in [0.717, 1.165) is 38.5 Å². The average molecular weight is 679 g/mol. The Morgan fingerprint density at radius 3 is 1.27 bits per heavy atom. The third-order valence-corrected chi connectivity index (χ3v) is 9.30. The summed E-state index contributed by atoms with van der Waals surface area (Å²) in [6, 6.07) is 0. The summed E-state index contributed by atoms with van der Waals surface area (Å²) in [6.45, 7) is 7.78. The first-order valence-electron chi connectivity index (χ1n) is 21.2. The van der Waals surface area contributed by atoms with Gasteiger partial charge in [0, 0.05) is 19.4 Å². The van der Waals surface area contributed by atoms with E-state index in [9.17, 15) is 9.59 Å². The number of hydrogen-bond acceptors (Lipinski definition) is 5. The number of unbranched alkanes of at least 4 members (excludes halogenated alkanes) is 26. The van der Waals surface area contributed by atoms with Gasteiger partial charge in [-0.2, -0.15) is 0 Å². The molecule has 0 saturated heterocycles. The van der Waals surface area contributed by atoms with E-state index in [2.05, 4.69) is 32.9 Å². The molecule has 0 radical (unpaired) electrons. The van der Waals surface area contributed by atoms with Crippen LogP contribution < -0.4 is 0 Å². The Balaban J connectivity index is 4.12. The van der Waals surface area contributed by atoms with Gasteiger partial charge in [0.1, 0.15) is 6.61 Å². The van der Waals surface area contributed by atoms with Gasteiger partial charge in [0.15, 0.2) is 6.10 Å². The second-order valence-electron chi connectivity index (χ2n) is 14.3. The smallest absolute Gasteiger partial charge is 0.306 e. The topological polar surface area (TPSA) is 61.8 Å². The van der Waals surface area contributed by atoms with Crippen molar-refractivity contribution >= 4 is 11.9 Å². The van der Waals surface area contributed by atoms with Gasteiger partial charge < -0.3 is 14.2 Å². The van der Waals surface area contributed by atoms with Crippen LogP contribution in [0.5, 0.6) is 0 Å². The maximum absolute atomic E-state index is 12.6. The summed E-state index contributed by atoms with van der Waals surface area (Å²) in [5.41, 5.74) is 0. The molecule has 0 rings (SSSR count). The minimum absolute atomic E-state index is 0.0897. The van der Waals surface area contributed by atoms with Crippen molar-refractivity contribution in [1.82, 2.24) is 0 Å². The monoisotopic (exact) mass is 679 g/mol. The number of ether oxygens (including phenoxy) is 3. The molecule has 0 aromatic rings. The molecule has 0 aliphatic rings. The molecule has 5 nitrogen and oxygen atoms in total. The summed E-state index contributed by atoms with van der Waals surface area (Å²) < 4.78 is 17.2. The van der Waals surface area contributed by atoms with Crippen molar-refractivity contribution in [2.45, 2.75) is 232 Å². The van der Waals surface area contributed by atoms with Crippen molar-refractivity contribution in [3.63, 3.8) is 0 Å². The van der Waals surface area contributed by atoms with Crippen molar-refractivity contribution in [3.8, 4) is 0 Å². The number of rotatable bonds is 39. The van der Waals surface area contributed by atoms with E-state index in [1.165, 1.54) is 154 Å². The lowest BCUT2D eigenvalue weighted by molar-refractivity contribution is -0.163. The van der Waals surface area contributed by atoms with Crippen molar-refractivity contribution in [2.24, 2.45) is 0 Å². The first-order valence-corrected chi connectivity index (χ1v) is 21.2. The summed E-state index contributed by atoms with van der Waals surface area (Å²) in [4.78, 5) is 25.0. The molecular weight excluding hydrogens is 596 g/mol. The van der Waals surface area contributed by atoms with E-state index in [1.807, 2.05) is 0 Å². The van der Waals surface area contributed by atoms with Gasteiger partial charge in [-0.1, -0.05) is 181 Å². The summed E-state index contributed by atoms with van der Waals surface area (Å²) in [6.07, 6.45) is 42.1. The zero-order chi connectivity index (χ0) is 35.0. The highest BCUT2D eigenvalue weighted by atomic mass is 16.6. The van der Waals surface area contributed by atoms with Crippen LogP contribution in [-0.4, -0.2) is 37.9 Å². The van der Waals surface area contributed by atoms with Crippen LogP contribution in [0.15, 0.2) is 12.2 Å². The molecule has 284 valence electrons. The molecule has 1 unspecified atom stereocenters. The molecule has 0 fully saturated rings. The van der Waals surface area contributed by atoms with Crippen LogP contribution >= 0.6 is 0 Å². The van der Waals surface area contributed by atoms with Gasteiger partial charge >= 0.3 is 11.9 Å². The van der Waals surface area contributed by atoms with E-state index < -0.39 is 6.10 Å². The molecule has 0 amide bonds. The molecule has 0 aliphatic carbocycles. The van der Waals surface area contributed by atoms with Crippen molar-refractivity contribution < 1.29 is 23.8 Å². The van der Waals surface area contributed by atoms with Gasteiger partial charge in [-0.25, -0.2) is 0 Å². The fourth-order valence-corrected chi connectivity index (χ4v) is 6.09. The summed E-state index contributed by atoms with van der Waals surface area (Å²) in [5.74, 6) is -0.399. The Kier molecular flexibility index (Phi) is 38.9. The Hall–Kier alpha value is -1.36. The zero-order valence-electron chi connectivity index (χ0n) is 32.5. The number of carbonyl (C=O) groups excluding carboxylic acids is 2. The van der Waals surface area contributed by atoms with Crippen molar-refractivity contribution in [2.75, 3.05) is 19.8 Å².